The van der Waals surface area contributed by atoms with Gasteiger partial charge in [-0.05, 0) is 30.7 Å². The van der Waals surface area contributed by atoms with E-state index >= 15 is 0 Å². The minimum atomic E-state index is -5.80. The first-order valence-corrected chi connectivity index (χ1v) is 9.06. The van der Waals surface area contributed by atoms with Gasteiger partial charge in [-0.15, -0.1) is 0 Å². The summed E-state index contributed by atoms with van der Waals surface area (Å²) >= 11 is 0. The van der Waals surface area contributed by atoms with Crippen LogP contribution in [0, 0.1) is 6.92 Å². The Kier molecular flexibility index (Phi) is 3.46. The summed E-state index contributed by atoms with van der Waals surface area (Å²) in [5.41, 5.74) is -4.57. The fourth-order valence-corrected chi connectivity index (χ4v) is 4.04. The van der Waals surface area contributed by atoms with Crippen molar-refractivity contribution in [1.29, 1.82) is 0 Å². The van der Waals surface area contributed by atoms with Gasteiger partial charge in [-0.3, -0.25) is 0 Å². The predicted molar refractivity (Wildman–Crippen MR) is 85.0 cm³/mol. The van der Waals surface area contributed by atoms with E-state index in [4.69, 9.17) is 9.47 Å². The van der Waals surface area contributed by atoms with Gasteiger partial charge in [-0.1, -0.05) is 18.2 Å². The first kappa shape index (κ1) is 17.0. The molecule has 2 aromatic carbocycles. The molecule has 2 aliphatic heterocycles. The van der Waals surface area contributed by atoms with Crippen LogP contribution in [0.15, 0.2) is 36.4 Å². The minimum absolute atomic E-state index is 0.118. The van der Waals surface area contributed by atoms with Gasteiger partial charge in [0, 0.05) is 5.56 Å². The molecule has 5 nitrogen and oxygen atoms in total. The standard InChI is InChI=1S/C17H13F3O5S/c1-10-4-2-5-11-14(10)16(8-23-11)9-24-12-6-3-7-13(15(12)16)25-26(21,22)17(18,19)20/h2-7H,8-9H2,1H3. The van der Waals surface area contributed by atoms with Crippen molar-refractivity contribution in [3.63, 3.8) is 0 Å². The number of benzene rings is 2. The summed E-state index contributed by atoms with van der Waals surface area (Å²) < 4.78 is 77.2. The maximum absolute atomic E-state index is 12.8. The van der Waals surface area contributed by atoms with E-state index in [0.29, 0.717) is 5.75 Å². The highest BCUT2D eigenvalue weighted by atomic mass is 32.2. The van der Waals surface area contributed by atoms with Gasteiger partial charge < -0.3 is 13.7 Å². The van der Waals surface area contributed by atoms with Crippen molar-refractivity contribution in [3.8, 4) is 17.2 Å². The fourth-order valence-electron chi connectivity index (χ4n) is 3.57. The number of alkyl halides is 3. The molecular weight excluding hydrogens is 373 g/mol. The second-order valence-corrected chi connectivity index (χ2v) is 7.76. The zero-order valence-corrected chi connectivity index (χ0v) is 14.3. The van der Waals surface area contributed by atoms with Crippen LogP contribution in [0.25, 0.3) is 0 Å². The highest BCUT2D eigenvalue weighted by Crippen LogP contribution is 2.54. The normalized spacial score (nSPS) is 21.1. The lowest BCUT2D eigenvalue weighted by Crippen LogP contribution is -2.34. The molecule has 2 aliphatic rings. The SMILES string of the molecule is Cc1cccc2c1C1(CO2)COc2cccc(OS(=O)(=O)C(F)(F)F)c21. The third-order valence-electron chi connectivity index (χ3n) is 4.61. The van der Waals surface area contributed by atoms with Crippen LogP contribution < -0.4 is 13.7 Å². The molecule has 26 heavy (non-hydrogen) atoms. The van der Waals surface area contributed by atoms with E-state index in [9.17, 15) is 21.6 Å². The summed E-state index contributed by atoms with van der Waals surface area (Å²) in [7, 11) is -5.80. The third kappa shape index (κ3) is 2.26. The molecule has 2 aromatic rings. The molecule has 138 valence electrons. The summed E-state index contributed by atoms with van der Waals surface area (Å²) in [6, 6.07) is 9.55. The van der Waals surface area contributed by atoms with E-state index in [0.717, 1.165) is 11.1 Å². The van der Waals surface area contributed by atoms with Crippen molar-refractivity contribution in [2.24, 2.45) is 0 Å². The first-order valence-electron chi connectivity index (χ1n) is 7.66. The van der Waals surface area contributed by atoms with E-state index in [1.54, 1.807) is 18.2 Å². The van der Waals surface area contributed by atoms with Crippen LogP contribution in [0.3, 0.4) is 0 Å². The molecule has 4 rings (SSSR count). The molecule has 1 unspecified atom stereocenters. The van der Waals surface area contributed by atoms with Gasteiger partial charge in [0.15, 0.2) is 5.75 Å². The largest absolute Gasteiger partial charge is 0.534 e. The molecule has 0 saturated carbocycles. The smallest absolute Gasteiger partial charge is 0.492 e. The molecule has 9 heteroatoms. The van der Waals surface area contributed by atoms with Crippen LogP contribution in [0.1, 0.15) is 16.7 Å². The lowest BCUT2D eigenvalue weighted by atomic mass is 9.75. The predicted octanol–water partition coefficient (Wildman–Crippen LogP) is 3.29. The Bertz CT molecular complexity index is 996. The quantitative estimate of drug-likeness (QED) is 0.586. The first-order chi connectivity index (χ1) is 12.2. The fraction of sp³-hybridized carbons (Fsp3) is 0.294. The van der Waals surface area contributed by atoms with E-state index in [1.807, 2.05) is 13.0 Å². The number of halogens is 3. The summed E-state index contributed by atoms with van der Waals surface area (Å²) in [4.78, 5) is 0. The molecule has 0 saturated heterocycles. The summed E-state index contributed by atoms with van der Waals surface area (Å²) in [5, 5.41) is 0. The van der Waals surface area contributed by atoms with Crippen molar-refractivity contribution in [1.82, 2.24) is 0 Å². The molecule has 2 heterocycles. The van der Waals surface area contributed by atoms with Gasteiger partial charge in [-0.2, -0.15) is 21.6 Å². The van der Waals surface area contributed by atoms with Crippen LogP contribution in [-0.2, 0) is 15.5 Å². The Hall–Kier alpha value is -2.42. The van der Waals surface area contributed by atoms with Crippen molar-refractivity contribution in [2.45, 2.75) is 17.8 Å². The minimum Gasteiger partial charge on any atom is -0.492 e. The number of aryl methyl sites for hydroxylation is 1. The maximum Gasteiger partial charge on any atom is 0.534 e. The van der Waals surface area contributed by atoms with E-state index in [1.165, 1.54) is 12.1 Å². The summed E-state index contributed by atoms with van der Waals surface area (Å²) in [6.07, 6.45) is 0. The second kappa shape index (κ2) is 5.29. The molecular formula is C17H13F3O5S. The number of hydrogen-bond acceptors (Lipinski definition) is 5. The Morgan fingerprint density at radius 2 is 1.58 bits per heavy atom. The van der Waals surface area contributed by atoms with Crippen molar-refractivity contribution >= 4 is 10.1 Å². The van der Waals surface area contributed by atoms with E-state index < -0.39 is 26.8 Å². The molecule has 0 N–H and O–H groups in total. The molecule has 1 atom stereocenters. The molecule has 1 spiro atoms. The molecule has 0 radical (unpaired) electrons. The molecule has 0 fully saturated rings. The van der Waals surface area contributed by atoms with Gasteiger partial charge >= 0.3 is 15.6 Å². The van der Waals surface area contributed by atoms with Crippen LogP contribution in [0.2, 0.25) is 0 Å². The Balaban J connectivity index is 1.90. The molecule has 0 bridgehead atoms. The number of fused-ring (bicyclic) bond motifs is 4. The Morgan fingerprint density at radius 3 is 2.19 bits per heavy atom. The van der Waals surface area contributed by atoms with Crippen molar-refractivity contribution in [2.75, 3.05) is 13.2 Å². The molecule has 0 aliphatic carbocycles. The topological polar surface area (TPSA) is 61.8 Å². The van der Waals surface area contributed by atoms with Gasteiger partial charge in [0.05, 0.1) is 11.0 Å². The third-order valence-corrected chi connectivity index (χ3v) is 5.58. The highest BCUT2D eigenvalue weighted by molar-refractivity contribution is 7.88. The second-order valence-electron chi connectivity index (χ2n) is 6.22. The molecule has 0 amide bonds. The number of rotatable bonds is 2. The lowest BCUT2D eigenvalue weighted by molar-refractivity contribution is -0.0500. The monoisotopic (exact) mass is 386 g/mol. The van der Waals surface area contributed by atoms with Crippen molar-refractivity contribution < 1.29 is 35.2 Å². The average Bonchev–Trinajstić information content (AvgIpc) is 3.11. The average molecular weight is 386 g/mol. The zero-order valence-electron chi connectivity index (χ0n) is 13.5. The lowest BCUT2D eigenvalue weighted by Gasteiger charge is -2.24. The number of ether oxygens (including phenoxy) is 2. The van der Waals surface area contributed by atoms with Crippen LogP contribution in [0.5, 0.6) is 17.2 Å². The van der Waals surface area contributed by atoms with Gasteiger partial charge in [0.25, 0.3) is 0 Å². The maximum atomic E-state index is 12.8. The van der Waals surface area contributed by atoms with Crippen molar-refractivity contribution in [3.05, 3.63) is 53.1 Å². The summed E-state index contributed by atoms with van der Waals surface area (Å²) in [5.74, 6) is 0.464. The Labute approximate surface area is 147 Å². The van der Waals surface area contributed by atoms with Crippen LogP contribution >= 0.6 is 0 Å². The van der Waals surface area contributed by atoms with E-state index in [-0.39, 0.29) is 24.5 Å². The summed E-state index contributed by atoms with van der Waals surface area (Å²) in [6.45, 7) is 2.09. The van der Waals surface area contributed by atoms with Crippen LogP contribution in [0.4, 0.5) is 13.2 Å². The zero-order chi connectivity index (χ0) is 18.7. The number of hydrogen-bond donors (Lipinski definition) is 0. The van der Waals surface area contributed by atoms with Gasteiger partial charge in [-0.25, -0.2) is 0 Å². The Morgan fingerprint density at radius 1 is 1.00 bits per heavy atom. The highest BCUT2D eigenvalue weighted by Gasteiger charge is 2.54. The van der Waals surface area contributed by atoms with E-state index in [2.05, 4.69) is 4.18 Å². The molecule has 0 aromatic heterocycles. The van der Waals surface area contributed by atoms with Crippen LogP contribution in [-0.4, -0.2) is 27.1 Å². The van der Waals surface area contributed by atoms with Gasteiger partial charge in [0.1, 0.15) is 24.7 Å². The van der Waals surface area contributed by atoms with Gasteiger partial charge in [0.2, 0.25) is 0 Å².